The average molecular weight is 391 g/mol. The molecular weight excluding hydrogens is 364 g/mol. The number of halogens is 1. The monoisotopic (exact) mass is 390 g/mol. The van der Waals surface area contributed by atoms with E-state index in [2.05, 4.69) is 36.5 Å². The van der Waals surface area contributed by atoms with Gasteiger partial charge in [0.05, 0.1) is 4.75 Å². The summed E-state index contributed by atoms with van der Waals surface area (Å²) in [6.07, 6.45) is 5.00. The third kappa shape index (κ3) is 5.18. The molecule has 2 aromatic rings. The largest absolute Gasteiger partial charge is 0.399 e. The van der Waals surface area contributed by atoms with Crippen LogP contribution < -0.4 is 11.1 Å². The van der Waals surface area contributed by atoms with Gasteiger partial charge in [0.2, 0.25) is 5.91 Å². The van der Waals surface area contributed by atoms with Gasteiger partial charge in [0.1, 0.15) is 0 Å². The van der Waals surface area contributed by atoms with Gasteiger partial charge in [-0.2, -0.15) is 0 Å². The first-order valence-corrected chi connectivity index (χ1v) is 9.77. The molecule has 1 amide bonds. The number of hydrogen-bond donors (Lipinski definition) is 2. The van der Waals surface area contributed by atoms with Crippen LogP contribution in [0.3, 0.4) is 0 Å². The normalized spacial score (nSPS) is 15.3. The quantitative estimate of drug-likeness (QED) is 0.699. The Bertz CT molecular complexity index is 710. The SMILES string of the molecule is Cc1ccc(SC2(C(=O)NCCc3ccc(N)cc3)CCCC2)cc1.Cl. The minimum Gasteiger partial charge on any atom is -0.399 e. The van der Waals surface area contributed by atoms with E-state index in [4.69, 9.17) is 5.73 Å². The highest BCUT2D eigenvalue weighted by molar-refractivity contribution is 8.01. The van der Waals surface area contributed by atoms with Crippen LogP contribution in [0.2, 0.25) is 0 Å². The van der Waals surface area contributed by atoms with E-state index >= 15 is 0 Å². The number of nitrogen functional groups attached to an aromatic ring is 1. The number of carbonyl (C=O) groups is 1. The van der Waals surface area contributed by atoms with Gasteiger partial charge < -0.3 is 11.1 Å². The highest BCUT2D eigenvalue weighted by Gasteiger charge is 2.41. The molecule has 2 aromatic carbocycles. The summed E-state index contributed by atoms with van der Waals surface area (Å²) in [5.41, 5.74) is 8.93. The van der Waals surface area contributed by atoms with Crippen molar-refractivity contribution in [3.05, 3.63) is 59.7 Å². The lowest BCUT2D eigenvalue weighted by Crippen LogP contribution is -2.43. The first-order chi connectivity index (χ1) is 12.1. The summed E-state index contributed by atoms with van der Waals surface area (Å²) >= 11 is 1.74. The molecule has 0 atom stereocenters. The maximum atomic E-state index is 12.9. The number of anilines is 1. The van der Waals surface area contributed by atoms with Crippen LogP contribution in [0.1, 0.15) is 36.8 Å². The number of rotatable bonds is 6. The van der Waals surface area contributed by atoms with Crippen LogP contribution in [0.25, 0.3) is 0 Å². The number of carbonyl (C=O) groups excluding carboxylic acids is 1. The third-order valence-electron chi connectivity index (χ3n) is 4.84. The maximum absolute atomic E-state index is 12.9. The van der Waals surface area contributed by atoms with Gasteiger partial charge in [-0.3, -0.25) is 4.79 Å². The molecule has 0 aliphatic heterocycles. The van der Waals surface area contributed by atoms with Gasteiger partial charge in [0.25, 0.3) is 0 Å². The van der Waals surface area contributed by atoms with E-state index in [0.29, 0.717) is 6.54 Å². The Morgan fingerprint density at radius 3 is 2.31 bits per heavy atom. The molecule has 0 aromatic heterocycles. The maximum Gasteiger partial charge on any atom is 0.236 e. The second kappa shape index (κ2) is 9.33. The Morgan fingerprint density at radius 2 is 1.69 bits per heavy atom. The standard InChI is InChI=1S/C21H26N2OS.ClH/c1-16-4-10-19(11-5-16)25-21(13-2-3-14-21)20(24)23-15-12-17-6-8-18(22)9-7-17;/h4-11H,2-3,12-15,22H2,1H3,(H,23,24);1H. The number of amides is 1. The lowest BCUT2D eigenvalue weighted by Gasteiger charge is -2.27. The molecule has 3 rings (SSSR count). The molecule has 0 radical (unpaired) electrons. The van der Waals surface area contributed by atoms with E-state index in [1.54, 1.807) is 11.8 Å². The topological polar surface area (TPSA) is 55.1 Å². The average Bonchev–Trinajstić information content (AvgIpc) is 3.08. The second-order valence-corrected chi connectivity index (χ2v) is 8.32. The smallest absolute Gasteiger partial charge is 0.236 e. The Labute approximate surface area is 166 Å². The van der Waals surface area contributed by atoms with E-state index in [1.807, 2.05) is 24.3 Å². The predicted molar refractivity (Wildman–Crippen MR) is 113 cm³/mol. The summed E-state index contributed by atoms with van der Waals surface area (Å²) in [5, 5.41) is 3.17. The molecule has 1 aliphatic carbocycles. The fourth-order valence-electron chi connectivity index (χ4n) is 3.32. The van der Waals surface area contributed by atoms with Crippen LogP contribution in [-0.2, 0) is 11.2 Å². The number of hydrogen-bond acceptors (Lipinski definition) is 3. The van der Waals surface area contributed by atoms with Crippen molar-refractivity contribution in [1.82, 2.24) is 5.32 Å². The van der Waals surface area contributed by atoms with Gasteiger partial charge in [-0.05, 0) is 56.0 Å². The predicted octanol–water partition coefficient (Wildman–Crippen LogP) is 4.76. The van der Waals surface area contributed by atoms with Gasteiger partial charge in [0, 0.05) is 17.1 Å². The molecule has 0 saturated heterocycles. The highest BCUT2D eigenvalue weighted by atomic mass is 35.5. The Balaban J connectivity index is 0.00000243. The van der Waals surface area contributed by atoms with E-state index in [1.165, 1.54) is 16.0 Å². The summed E-state index contributed by atoms with van der Waals surface area (Å²) in [5.74, 6) is 0.186. The zero-order chi connectivity index (χ0) is 17.7. The lowest BCUT2D eigenvalue weighted by molar-refractivity contribution is -0.123. The van der Waals surface area contributed by atoms with Crippen molar-refractivity contribution in [1.29, 1.82) is 0 Å². The molecule has 26 heavy (non-hydrogen) atoms. The molecule has 3 N–H and O–H groups in total. The molecular formula is C21H27ClN2OS. The summed E-state index contributed by atoms with van der Waals surface area (Å²) in [7, 11) is 0. The summed E-state index contributed by atoms with van der Waals surface area (Å²) in [6.45, 7) is 2.75. The minimum absolute atomic E-state index is 0. The number of nitrogens with one attached hydrogen (secondary N) is 1. The molecule has 1 aliphatic rings. The van der Waals surface area contributed by atoms with Crippen molar-refractivity contribution >= 4 is 35.8 Å². The van der Waals surface area contributed by atoms with Gasteiger partial charge >= 0.3 is 0 Å². The molecule has 0 heterocycles. The van der Waals surface area contributed by atoms with Crippen LogP contribution in [0.15, 0.2) is 53.4 Å². The van der Waals surface area contributed by atoms with Gasteiger partial charge in [0.15, 0.2) is 0 Å². The van der Waals surface area contributed by atoms with Crippen molar-refractivity contribution in [2.75, 3.05) is 12.3 Å². The number of thioether (sulfide) groups is 1. The van der Waals surface area contributed by atoms with Crippen LogP contribution >= 0.6 is 24.2 Å². The van der Waals surface area contributed by atoms with Crippen molar-refractivity contribution in [2.45, 2.75) is 48.7 Å². The number of nitrogens with two attached hydrogens (primary N) is 1. The van der Waals surface area contributed by atoms with Crippen LogP contribution in [0.5, 0.6) is 0 Å². The first kappa shape index (κ1) is 20.7. The van der Waals surface area contributed by atoms with E-state index in [9.17, 15) is 4.79 Å². The Kier molecular flexibility index (Phi) is 7.42. The fraction of sp³-hybridized carbons (Fsp3) is 0.381. The van der Waals surface area contributed by atoms with Gasteiger partial charge in [-0.1, -0.05) is 42.7 Å². The zero-order valence-corrected chi connectivity index (χ0v) is 16.8. The lowest BCUT2D eigenvalue weighted by atomic mass is 10.1. The van der Waals surface area contributed by atoms with E-state index in [-0.39, 0.29) is 23.1 Å². The molecule has 0 spiro atoms. The van der Waals surface area contributed by atoms with E-state index in [0.717, 1.165) is 37.8 Å². The summed E-state index contributed by atoms with van der Waals surface area (Å²) < 4.78 is -0.309. The first-order valence-electron chi connectivity index (χ1n) is 8.96. The van der Waals surface area contributed by atoms with Crippen molar-refractivity contribution in [3.8, 4) is 0 Å². The van der Waals surface area contributed by atoms with Crippen LogP contribution in [0.4, 0.5) is 5.69 Å². The van der Waals surface area contributed by atoms with Crippen LogP contribution in [0, 0.1) is 6.92 Å². The number of benzene rings is 2. The zero-order valence-electron chi connectivity index (χ0n) is 15.2. The molecule has 1 saturated carbocycles. The van der Waals surface area contributed by atoms with Crippen molar-refractivity contribution in [2.24, 2.45) is 0 Å². The second-order valence-electron chi connectivity index (χ2n) is 6.86. The molecule has 3 nitrogen and oxygen atoms in total. The molecule has 0 bridgehead atoms. The molecule has 0 unspecified atom stereocenters. The minimum atomic E-state index is -0.309. The molecule has 5 heteroatoms. The van der Waals surface area contributed by atoms with Gasteiger partial charge in [-0.25, -0.2) is 0 Å². The summed E-state index contributed by atoms with van der Waals surface area (Å²) in [4.78, 5) is 14.1. The highest BCUT2D eigenvalue weighted by Crippen LogP contribution is 2.45. The van der Waals surface area contributed by atoms with Gasteiger partial charge in [-0.15, -0.1) is 24.2 Å². The van der Waals surface area contributed by atoms with Crippen molar-refractivity contribution < 1.29 is 4.79 Å². The van der Waals surface area contributed by atoms with Crippen LogP contribution in [-0.4, -0.2) is 17.2 Å². The third-order valence-corrected chi connectivity index (χ3v) is 6.33. The summed E-state index contributed by atoms with van der Waals surface area (Å²) in [6, 6.07) is 16.3. The fourth-order valence-corrected chi connectivity index (χ4v) is 4.70. The van der Waals surface area contributed by atoms with E-state index < -0.39 is 0 Å². The molecule has 140 valence electrons. The number of aryl methyl sites for hydroxylation is 1. The molecule has 1 fully saturated rings. The van der Waals surface area contributed by atoms with Crippen molar-refractivity contribution in [3.63, 3.8) is 0 Å². The Hall–Kier alpha value is -1.65. The Morgan fingerprint density at radius 1 is 1.08 bits per heavy atom.